The van der Waals surface area contributed by atoms with Gasteiger partial charge in [-0.05, 0) is 66.6 Å². The zero-order chi connectivity index (χ0) is 20.5. The Morgan fingerprint density at radius 2 is 1.90 bits per heavy atom. The van der Waals surface area contributed by atoms with Crippen LogP contribution in [0.25, 0.3) is 22.4 Å². The first kappa shape index (κ1) is 19.1. The average Bonchev–Trinajstić information content (AvgIpc) is 3.38. The highest BCUT2D eigenvalue weighted by atomic mass is 32.2. The quantitative estimate of drug-likeness (QED) is 0.336. The molecule has 152 valence electrons. The Labute approximate surface area is 178 Å². The molecule has 3 aromatic heterocycles. The van der Waals surface area contributed by atoms with Crippen LogP contribution in [0.2, 0.25) is 0 Å². The van der Waals surface area contributed by atoms with E-state index in [1.54, 1.807) is 30.2 Å². The molecule has 1 aliphatic rings. The van der Waals surface area contributed by atoms with E-state index in [0.717, 1.165) is 59.7 Å². The Hall–Kier alpha value is -2.93. The van der Waals surface area contributed by atoms with Crippen molar-refractivity contribution in [2.24, 2.45) is 0 Å². The molecule has 7 heteroatoms. The number of fused-ring (bicyclic) bond motifs is 2. The van der Waals surface area contributed by atoms with E-state index in [1.807, 2.05) is 18.2 Å². The van der Waals surface area contributed by atoms with Crippen LogP contribution >= 0.6 is 11.8 Å². The molecule has 30 heavy (non-hydrogen) atoms. The monoisotopic (exact) mass is 418 g/mol. The molecule has 0 atom stereocenters. The van der Waals surface area contributed by atoms with Gasteiger partial charge in [-0.2, -0.15) is 0 Å². The minimum Gasteiger partial charge on any atom is -0.423 e. The normalized spacial score (nSPS) is 13.1. The lowest BCUT2D eigenvalue weighted by molar-refractivity contribution is 0.559. The van der Waals surface area contributed by atoms with Gasteiger partial charge in [-0.1, -0.05) is 18.7 Å². The van der Waals surface area contributed by atoms with Gasteiger partial charge in [0.1, 0.15) is 5.58 Å². The Kier molecular flexibility index (Phi) is 5.12. The Morgan fingerprint density at radius 3 is 2.70 bits per heavy atom. The van der Waals surface area contributed by atoms with Crippen LogP contribution in [0.4, 0.5) is 0 Å². The molecule has 0 fully saturated rings. The summed E-state index contributed by atoms with van der Waals surface area (Å²) in [5, 5.41) is 10.7. The van der Waals surface area contributed by atoms with Gasteiger partial charge >= 0.3 is 5.63 Å². The molecule has 1 aromatic carbocycles. The number of nitrogens with zero attached hydrogens (tertiary/aromatic N) is 4. The third-order valence-corrected chi connectivity index (χ3v) is 6.52. The second-order valence-corrected chi connectivity index (χ2v) is 8.49. The molecule has 0 aliphatic heterocycles. The number of rotatable bonds is 6. The maximum absolute atomic E-state index is 12.2. The van der Waals surface area contributed by atoms with Crippen LogP contribution in [0.1, 0.15) is 36.5 Å². The first-order chi connectivity index (χ1) is 14.7. The van der Waals surface area contributed by atoms with Crippen molar-refractivity contribution < 1.29 is 4.42 Å². The zero-order valence-electron chi connectivity index (χ0n) is 16.8. The molecular weight excluding hydrogens is 396 g/mol. The second kappa shape index (κ2) is 8.07. The fraction of sp³-hybridized carbons (Fsp3) is 0.304. The van der Waals surface area contributed by atoms with E-state index < -0.39 is 0 Å². The predicted octanol–water partition coefficient (Wildman–Crippen LogP) is 4.64. The standard InChI is InChI=1S/C23H22N4O2S/c1-2-10-27-22(15-6-8-24-9-7-15)25-26-23(27)30-14-18-13-21(28)29-20-12-17-5-3-4-16(17)11-19(18)20/h6-9,11-13H,2-5,10,14H2,1H3. The summed E-state index contributed by atoms with van der Waals surface area (Å²) in [5.41, 5.74) is 5.04. The maximum atomic E-state index is 12.2. The van der Waals surface area contributed by atoms with Gasteiger partial charge in [-0.3, -0.25) is 4.98 Å². The number of hydrogen-bond acceptors (Lipinski definition) is 6. The van der Waals surface area contributed by atoms with Crippen molar-refractivity contribution in [3.8, 4) is 11.4 Å². The van der Waals surface area contributed by atoms with Gasteiger partial charge in [0.15, 0.2) is 11.0 Å². The molecule has 0 saturated carbocycles. The molecule has 6 nitrogen and oxygen atoms in total. The van der Waals surface area contributed by atoms with E-state index in [2.05, 4.69) is 32.7 Å². The van der Waals surface area contributed by atoms with Crippen LogP contribution in [0.15, 0.2) is 57.1 Å². The van der Waals surface area contributed by atoms with E-state index in [1.165, 1.54) is 11.1 Å². The lowest BCUT2D eigenvalue weighted by Gasteiger charge is -2.10. The average molecular weight is 419 g/mol. The summed E-state index contributed by atoms with van der Waals surface area (Å²) < 4.78 is 7.64. The van der Waals surface area contributed by atoms with Gasteiger partial charge in [-0.15, -0.1) is 10.2 Å². The first-order valence-corrected chi connectivity index (χ1v) is 11.3. The summed E-state index contributed by atoms with van der Waals surface area (Å²) in [4.78, 5) is 16.2. The Morgan fingerprint density at radius 1 is 1.10 bits per heavy atom. The Balaban J connectivity index is 1.49. The van der Waals surface area contributed by atoms with Crippen LogP contribution < -0.4 is 5.63 Å². The summed E-state index contributed by atoms with van der Waals surface area (Å²) in [5.74, 6) is 1.48. The number of aromatic nitrogens is 4. The van der Waals surface area contributed by atoms with E-state index in [4.69, 9.17) is 4.42 Å². The molecule has 0 saturated heterocycles. The molecule has 0 bridgehead atoms. The second-order valence-electron chi connectivity index (χ2n) is 7.54. The van der Waals surface area contributed by atoms with E-state index in [0.29, 0.717) is 11.3 Å². The van der Waals surface area contributed by atoms with E-state index in [-0.39, 0.29) is 5.63 Å². The summed E-state index contributed by atoms with van der Waals surface area (Å²) in [6.45, 7) is 2.97. The lowest BCUT2D eigenvalue weighted by atomic mass is 10.0. The maximum Gasteiger partial charge on any atom is 0.336 e. The molecule has 3 heterocycles. The fourth-order valence-corrected chi connectivity index (χ4v) is 5.05. The predicted molar refractivity (Wildman–Crippen MR) is 118 cm³/mol. The molecule has 0 unspecified atom stereocenters. The van der Waals surface area contributed by atoms with Crippen molar-refractivity contribution >= 4 is 22.7 Å². The smallest absolute Gasteiger partial charge is 0.336 e. The summed E-state index contributed by atoms with van der Waals surface area (Å²) >= 11 is 1.61. The van der Waals surface area contributed by atoms with Gasteiger partial charge in [0.2, 0.25) is 0 Å². The minimum atomic E-state index is -0.302. The Bertz CT molecular complexity index is 1260. The van der Waals surface area contributed by atoms with Crippen molar-refractivity contribution in [3.63, 3.8) is 0 Å². The van der Waals surface area contributed by atoms with Crippen molar-refractivity contribution in [2.75, 3.05) is 0 Å². The molecular formula is C23H22N4O2S. The van der Waals surface area contributed by atoms with Crippen LogP contribution in [0, 0.1) is 0 Å². The molecule has 5 rings (SSSR count). The van der Waals surface area contributed by atoms with Gasteiger partial charge < -0.3 is 8.98 Å². The molecule has 0 amide bonds. The molecule has 0 N–H and O–H groups in total. The van der Waals surface area contributed by atoms with Gasteiger partial charge in [-0.25, -0.2) is 4.79 Å². The van der Waals surface area contributed by atoms with E-state index in [9.17, 15) is 4.79 Å². The summed E-state index contributed by atoms with van der Waals surface area (Å²) in [7, 11) is 0. The van der Waals surface area contributed by atoms with Crippen LogP contribution in [-0.2, 0) is 25.1 Å². The number of aryl methyl sites for hydroxylation is 2. The highest BCUT2D eigenvalue weighted by Crippen LogP contribution is 2.32. The molecule has 0 radical (unpaired) electrons. The number of thioether (sulfide) groups is 1. The van der Waals surface area contributed by atoms with Crippen molar-refractivity contribution in [2.45, 2.75) is 50.1 Å². The topological polar surface area (TPSA) is 73.8 Å². The van der Waals surface area contributed by atoms with Gasteiger partial charge in [0.05, 0.1) is 0 Å². The summed E-state index contributed by atoms with van der Waals surface area (Å²) in [6.07, 6.45) is 7.83. The van der Waals surface area contributed by atoms with E-state index >= 15 is 0 Å². The van der Waals surface area contributed by atoms with Crippen molar-refractivity contribution in [3.05, 3.63) is 69.8 Å². The molecule has 4 aromatic rings. The largest absolute Gasteiger partial charge is 0.423 e. The van der Waals surface area contributed by atoms with Crippen LogP contribution in [-0.4, -0.2) is 19.7 Å². The van der Waals surface area contributed by atoms with Crippen molar-refractivity contribution in [1.29, 1.82) is 0 Å². The lowest BCUT2D eigenvalue weighted by Crippen LogP contribution is -2.03. The van der Waals surface area contributed by atoms with Crippen LogP contribution in [0.5, 0.6) is 0 Å². The SMILES string of the molecule is CCCn1c(SCc2cc(=O)oc3cc4c(cc23)CCC4)nnc1-c1ccncc1. The first-order valence-electron chi connectivity index (χ1n) is 10.3. The minimum absolute atomic E-state index is 0.302. The fourth-order valence-electron chi connectivity index (χ4n) is 4.09. The number of hydrogen-bond donors (Lipinski definition) is 0. The molecule has 0 spiro atoms. The van der Waals surface area contributed by atoms with Crippen LogP contribution in [0.3, 0.4) is 0 Å². The molecule has 1 aliphatic carbocycles. The number of benzene rings is 1. The highest BCUT2D eigenvalue weighted by molar-refractivity contribution is 7.98. The summed E-state index contributed by atoms with van der Waals surface area (Å²) in [6, 6.07) is 9.76. The van der Waals surface area contributed by atoms with Gasteiger partial charge in [0, 0.05) is 41.7 Å². The highest BCUT2D eigenvalue weighted by Gasteiger charge is 2.17. The third kappa shape index (κ3) is 3.54. The zero-order valence-corrected chi connectivity index (χ0v) is 17.6. The van der Waals surface area contributed by atoms with Crippen molar-refractivity contribution in [1.82, 2.24) is 19.7 Å². The number of pyridine rings is 1. The third-order valence-electron chi connectivity index (χ3n) is 5.50. The van der Waals surface area contributed by atoms with Gasteiger partial charge in [0.25, 0.3) is 0 Å².